The first-order valence-corrected chi connectivity index (χ1v) is 5.61. The van der Waals surface area contributed by atoms with Gasteiger partial charge in [-0.15, -0.1) is 11.3 Å². The van der Waals surface area contributed by atoms with Crippen LogP contribution < -0.4 is 5.73 Å². The molecule has 0 unspecified atom stereocenters. The molecule has 0 saturated heterocycles. The Hall–Kier alpha value is -1.66. The number of carbonyl (C=O) groups is 1. The van der Waals surface area contributed by atoms with E-state index in [1.54, 1.807) is 17.5 Å². The van der Waals surface area contributed by atoms with Gasteiger partial charge in [-0.1, -0.05) is 6.07 Å². The Bertz CT molecular complexity index is 478. The highest BCUT2D eigenvalue weighted by Gasteiger charge is 2.14. The molecule has 0 aromatic carbocycles. The topological polar surface area (TPSA) is 92.0 Å². The highest BCUT2D eigenvalue weighted by molar-refractivity contribution is 7.13. The van der Waals surface area contributed by atoms with Gasteiger partial charge >= 0.3 is 5.97 Å². The number of nitrogens with zero attached hydrogens (tertiary/aromatic N) is 1. The molecule has 2 heterocycles. The van der Waals surface area contributed by atoms with Crippen LogP contribution in [0.4, 0.5) is 0 Å². The third-order valence-electron chi connectivity index (χ3n) is 2.14. The molecule has 2 rings (SSSR count). The third kappa shape index (κ3) is 2.29. The second kappa shape index (κ2) is 4.46. The van der Waals surface area contributed by atoms with Crippen molar-refractivity contribution in [2.24, 2.45) is 5.73 Å². The number of aromatic amines is 1. The Morgan fingerprint density at radius 3 is 3.12 bits per heavy atom. The quantitative estimate of drug-likeness (QED) is 0.742. The molecule has 0 bridgehead atoms. The van der Waals surface area contributed by atoms with Crippen molar-refractivity contribution in [2.45, 2.75) is 12.5 Å². The van der Waals surface area contributed by atoms with E-state index in [-0.39, 0.29) is 6.42 Å². The van der Waals surface area contributed by atoms with Gasteiger partial charge in [-0.05, 0) is 11.4 Å². The summed E-state index contributed by atoms with van der Waals surface area (Å²) in [5.41, 5.74) is 6.17. The van der Waals surface area contributed by atoms with Crippen LogP contribution in [0.3, 0.4) is 0 Å². The molecule has 16 heavy (non-hydrogen) atoms. The predicted molar refractivity (Wildman–Crippen MR) is 61.2 cm³/mol. The van der Waals surface area contributed by atoms with Crippen LogP contribution in [0.1, 0.15) is 5.69 Å². The average molecular weight is 237 g/mol. The Labute approximate surface area is 95.9 Å². The number of carboxylic acid groups (broad SMARTS) is 1. The molecule has 1 atom stereocenters. The van der Waals surface area contributed by atoms with E-state index in [1.165, 1.54) is 0 Å². The number of rotatable bonds is 4. The van der Waals surface area contributed by atoms with E-state index < -0.39 is 12.0 Å². The van der Waals surface area contributed by atoms with Gasteiger partial charge in [0.2, 0.25) is 0 Å². The van der Waals surface area contributed by atoms with Crippen molar-refractivity contribution in [3.8, 4) is 10.7 Å². The average Bonchev–Trinajstić information content (AvgIpc) is 2.85. The number of nitrogens with one attached hydrogen (secondary N) is 1. The second-order valence-electron chi connectivity index (χ2n) is 3.38. The molecule has 0 aliphatic heterocycles. The van der Waals surface area contributed by atoms with Crippen LogP contribution in [-0.4, -0.2) is 27.1 Å². The lowest BCUT2D eigenvalue weighted by atomic mass is 10.2. The highest BCUT2D eigenvalue weighted by Crippen LogP contribution is 2.21. The fourth-order valence-electron chi connectivity index (χ4n) is 1.33. The van der Waals surface area contributed by atoms with Gasteiger partial charge in [-0.3, -0.25) is 4.79 Å². The van der Waals surface area contributed by atoms with E-state index in [2.05, 4.69) is 9.97 Å². The van der Waals surface area contributed by atoms with E-state index in [9.17, 15) is 4.79 Å². The monoisotopic (exact) mass is 237 g/mol. The summed E-state index contributed by atoms with van der Waals surface area (Å²) >= 11 is 1.57. The zero-order valence-corrected chi connectivity index (χ0v) is 9.20. The summed E-state index contributed by atoms with van der Waals surface area (Å²) in [5, 5.41) is 10.6. The van der Waals surface area contributed by atoms with E-state index in [0.717, 1.165) is 16.4 Å². The molecule has 0 amide bonds. The highest BCUT2D eigenvalue weighted by atomic mass is 32.1. The van der Waals surface area contributed by atoms with Crippen molar-refractivity contribution in [3.05, 3.63) is 29.4 Å². The smallest absolute Gasteiger partial charge is 0.320 e. The largest absolute Gasteiger partial charge is 0.480 e. The molecule has 6 heteroatoms. The summed E-state index contributed by atoms with van der Waals surface area (Å²) in [4.78, 5) is 18.8. The lowest BCUT2D eigenvalue weighted by molar-refractivity contribution is -0.138. The van der Waals surface area contributed by atoms with E-state index in [1.807, 2.05) is 17.5 Å². The molecule has 0 aliphatic rings. The van der Waals surface area contributed by atoms with Gasteiger partial charge in [0, 0.05) is 18.3 Å². The maximum absolute atomic E-state index is 10.6. The zero-order chi connectivity index (χ0) is 11.5. The maximum atomic E-state index is 10.6. The molecule has 2 aromatic rings. The number of aliphatic carboxylic acids is 1. The van der Waals surface area contributed by atoms with Crippen LogP contribution >= 0.6 is 11.3 Å². The van der Waals surface area contributed by atoms with Gasteiger partial charge in [0.05, 0.1) is 4.88 Å². The Balaban J connectivity index is 2.11. The van der Waals surface area contributed by atoms with Gasteiger partial charge in [0.25, 0.3) is 0 Å². The SMILES string of the molecule is N[C@H](Cc1cnc(-c2cccs2)[nH]1)C(=O)O. The fraction of sp³-hybridized carbons (Fsp3) is 0.200. The summed E-state index contributed by atoms with van der Waals surface area (Å²) in [6.45, 7) is 0. The minimum absolute atomic E-state index is 0.258. The zero-order valence-electron chi connectivity index (χ0n) is 8.38. The predicted octanol–water partition coefficient (Wildman–Crippen LogP) is 1.09. The standard InChI is InChI=1S/C10H11N3O2S/c11-7(10(14)15)4-6-5-12-9(13-6)8-2-1-3-16-8/h1-3,5,7H,4,11H2,(H,12,13)(H,14,15)/t7-/m1/s1. The molecule has 84 valence electrons. The Morgan fingerprint density at radius 1 is 1.69 bits per heavy atom. The lowest BCUT2D eigenvalue weighted by Crippen LogP contribution is -2.32. The van der Waals surface area contributed by atoms with Crippen LogP contribution in [0.5, 0.6) is 0 Å². The van der Waals surface area contributed by atoms with Crippen LogP contribution in [0, 0.1) is 0 Å². The van der Waals surface area contributed by atoms with Crippen LogP contribution in [0.15, 0.2) is 23.7 Å². The molecule has 5 nitrogen and oxygen atoms in total. The Kier molecular flexibility index (Phi) is 3.02. The molecule has 0 fully saturated rings. The van der Waals surface area contributed by atoms with Crippen molar-refractivity contribution in [2.75, 3.05) is 0 Å². The molecule has 0 saturated carbocycles. The van der Waals surface area contributed by atoms with Crippen LogP contribution in [0.2, 0.25) is 0 Å². The number of nitrogens with two attached hydrogens (primary N) is 1. The first-order chi connectivity index (χ1) is 7.66. The normalized spacial score (nSPS) is 12.6. The fourth-order valence-corrected chi connectivity index (χ4v) is 2.00. The molecule has 0 radical (unpaired) electrons. The summed E-state index contributed by atoms with van der Waals surface area (Å²) in [7, 11) is 0. The number of carboxylic acids is 1. The molecule has 2 aromatic heterocycles. The first-order valence-electron chi connectivity index (χ1n) is 4.73. The number of hydrogen-bond acceptors (Lipinski definition) is 4. The number of thiophene rings is 1. The van der Waals surface area contributed by atoms with Crippen LogP contribution in [0.25, 0.3) is 10.7 Å². The molecular formula is C10H11N3O2S. The van der Waals surface area contributed by atoms with Crippen molar-refractivity contribution in [3.63, 3.8) is 0 Å². The molecule has 0 spiro atoms. The first kappa shape index (κ1) is 10.8. The number of imidazole rings is 1. The van der Waals surface area contributed by atoms with Gasteiger partial charge in [0.1, 0.15) is 11.9 Å². The van der Waals surface area contributed by atoms with Gasteiger partial charge in [0.15, 0.2) is 0 Å². The summed E-state index contributed by atoms with van der Waals surface area (Å²) in [5.74, 6) is -0.255. The summed E-state index contributed by atoms with van der Waals surface area (Å²) in [6, 6.07) is 2.99. The van der Waals surface area contributed by atoms with E-state index >= 15 is 0 Å². The van der Waals surface area contributed by atoms with Crippen molar-refractivity contribution in [1.82, 2.24) is 9.97 Å². The van der Waals surface area contributed by atoms with Gasteiger partial charge < -0.3 is 15.8 Å². The summed E-state index contributed by atoms with van der Waals surface area (Å²) < 4.78 is 0. The maximum Gasteiger partial charge on any atom is 0.320 e. The second-order valence-corrected chi connectivity index (χ2v) is 4.33. The number of aromatic nitrogens is 2. The summed E-state index contributed by atoms with van der Waals surface area (Å²) in [6.07, 6.45) is 1.88. The number of hydrogen-bond donors (Lipinski definition) is 3. The van der Waals surface area contributed by atoms with E-state index in [4.69, 9.17) is 10.8 Å². The van der Waals surface area contributed by atoms with Gasteiger partial charge in [-0.25, -0.2) is 4.98 Å². The van der Waals surface area contributed by atoms with E-state index in [0.29, 0.717) is 0 Å². The third-order valence-corrected chi connectivity index (χ3v) is 3.02. The van der Waals surface area contributed by atoms with Crippen LogP contribution in [-0.2, 0) is 11.2 Å². The molecular weight excluding hydrogens is 226 g/mol. The minimum atomic E-state index is -1.01. The van der Waals surface area contributed by atoms with Crippen molar-refractivity contribution >= 4 is 17.3 Å². The van der Waals surface area contributed by atoms with Crippen molar-refractivity contribution < 1.29 is 9.90 Å². The number of H-pyrrole nitrogens is 1. The van der Waals surface area contributed by atoms with Gasteiger partial charge in [-0.2, -0.15) is 0 Å². The van der Waals surface area contributed by atoms with Crippen molar-refractivity contribution in [1.29, 1.82) is 0 Å². The lowest BCUT2D eigenvalue weighted by Gasteiger charge is -2.02. The minimum Gasteiger partial charge on any atom is -0.480 e. The molecule has 0 aliphatic carbocycles. The molecule has 4 N–H and O–H groups in total. The Morgan fingerprint density at radius 2 is 2.50 bits per heavy atom.